The Kier molecular flexibility index (Phi) is 11.7. The lowest BCUT2D eigenvalue weighted by Gasteiger charge is -2.40. The van der Waals surface area contributed by atoms with Gasteiger partial charge in [-0.05, 0) is 48.6 Å². The van der Waals surface area contributed by atoms with E-state index >= 15 is 0 Å². The monoisotopic (exact) mass is 755 g/mol. The zero-order valence-electron chi connectivity index (χ0n) is 27.7. The Bertz CT molecular complexity index is 1560. The Morgan fingerprint density at radius 3 is 2.47 bits per heavy atom. The molecule has 10 nitrogen and oxygen atoms in total. The number of halogens is 2. The number of aliphatic hydroxyl groups is 1. The number of benzene rings is 2. The summed E-state index contributed by atoms with van der Waals surface area (Å²) in [6.45, 7) is 10.9. The van der Waals surface area contributed by atoms with Crippen LogP contribution in [-0.2, 0) is 28.7 Å². The number of nitrogens with one attached hydrogen (secondary N) is 1. The molecule has 2 aromatic carbocycles. The number of fused-ring (bicyclic) bond motifs is 1. The number of amides is 3. The molecule has 5 rings (SSSR count). The van der Waals surface area contributed by atoms with Gasteiger partial charge in [0.15, 0.2) is 0 Å². The molecular formula is C37H43BrClN3O7. The van der Waals surface area contributed by atoms with Gasteiger partial charge in [0, 0.05) is 28.5 Å². The van der Waals surface area contributed by atoms with Gasteiger partial charge in [-0.1, -0.05) is 83.9 Å². The van der Waals surface area contributed by atoms with E-state index in [1.54, 1.807) is 36.4 Å². The predicted molar refractivity (Wildman–Crippen MR) is 190 cm³/mol. The van der Waals surface area contributed by atoms with Crippen molar-refractivity contribution in [3.05, 3.63) is 90.5 Å². The van der Waals surface area contributed by atoms with Crippen molar-refractivity contribution >= 4 is 56.9 Å². The predicted octanol–water partition coefficient (Wildman–Crippen LogP) is 4.99. The van der Waals surface area contributed by atoms with Crippen LogP contribution in [-0.4, -0.2) is 82.1 Å². The second-order valence-electron chi connectivity index (χ2n) is 13.1. The average molecular weight is 757 g/mol. The van der Waals surface area contributed by atoms with Gasteiger partial charge in [0.05, 0.1) is 36.6 Å². The molecule has 3 fully saturated rings. The van der Waals surface area contributed by atoms with Crippen LogP contribution < -0.4 is 10.2 Å². The summed E-state index contributed by atoms with van der Waals surface area (Å²) in [7, 11) is 0. The Morgan fingerprint density at radius 2 is 1.86 bits per heavy atom. The van der Waals surface area contributed by atoms with Crippen LogP contribution in [0.4, 0.5) is 5.69 Å². The van der Waals surface area contributed by atoms with E-state index in [1.807, 2.05) is 44.2 Å². The molecule has 3 heterocycles. The molecule has 3 amide bonds. The Morgan fingerprint density at radius 1 is 1.16 bits per heavy atom. The van der Waals surface area contributed by atoms with Crippen LogP contribution in [0.15, 0.2) is 79.9 Å². The van der Waals surface area contributed by atoms with E-state index < -0.39 is 65.4 Å². The molecule has 3 saturated heterocycles. The molecule has 0 radical (unpaired) electrons. The molecule has 8 atom stereocenters. The van der Waals surface area contributed by atoms with Gasteiger partial charge >= 0.3 is 5.97 Å². The van der Waals surface area contributed by atoms with E-state index in [4.69, 9.17) is 21.1 Å². The topological polar surface area (TPSA) is 125 Å². The van der Waals surface area contributed by atoms with Gasteiger partial charge in [-0.3, -0.25) is 19.2 Å². The van der Waals surface area contributed by atoms with Crippen LogP contribution >= 0.6 is 27.5 Å². The van der Waals surface area contributed by atoms with E-state index in [0.717, 1.165) is 5.56 Å². The van der Waals surface area contributed by atoms with Crippen LogP contribution in [0.2, 0.25) is 5.02 Å². The number of rotatable bonds is 15. The summed E-state index contributed by atoms with van der Waals surface area (Å²) in [6, 6.07) is 13.4. The summed E-state index contributed by atoms with van der Waals surface area (Å²) in [5.41, 5.74) is -0.0860. The molecule has 2 bridgehead atoms. The summed E-state index contributed by atoms with van der Waals surface area (Å²) in [6.07, 6.45) is 3.43. The number of hydrogen-bond acceptors (Lipinski definition) is 7. The van der Waals surface area contributed by atoms with Gasteiger partial charge in [-0.15, -0.1) is 13.2 Å². The highest BCUT2D eigenvalue weighted by molar-refractivity contribution is 9.09. The van der Waals surface area contributed by atoms with Crippen molar-refractivity contribution in [2.75, 3.05) is 24.7 Å². The fourth-order valence-electron chi connectivity index (χ4n) is 7.49. The van der Waals surface area contributed by atoms with Crippen LogP contribution in [0.5, 0.6) is 0 Å². The first kappa shape index (κ1) is 36.8. The lowest BCUT2D eigenvalue weighted by molar-refractivity contribution is -0.147. The number of carbonyl (C=O) groups excluding carboxylic acids is 4. The number of alkyl halides is 1. The number of aliphatic hydroxyl groups excluding tert-OH is 1. The van der Waals surface area contributed by atoms with Crippen LogP contribution in [0.3, 0.4) is 0 Å². The molecule has 2 N–H and O–H groups in total. The van der Waals surface area contributed by atoms with Crippen molar-refractivity contribution < 1.29 is 33.8 Å². The minimum Gasteiger partial charge on any atom is -0.463 e. The average Bonchev–Trinajstić information content (AvgIpc) is 3.68. The number of esters is 1. The molecular weight excluding hydrogens is 714 g/mol. The SMILES string of the molecule is C=CCCC(=O)OC[C@@H](NC(=O)[C@@H]1[C@H]2O[C@@]3(CC2Br)[C@H](C(=O)N(CC=C)c2ccc(Cl)cc2)N([C@@H](CO)C(C)C)C(=O)[C@@H]13)c1ccccc1. The molecule has 49 heavy (non-hydrogen) atoms. The number of anilines is 1. The van der Waals surface area contributed by atoms with Crippen molar-refractivity contribution in [1.82, 2.24) is 10.2 Å². The quantitative estimate of drug-likeness (QED) is 0.149. The Hall–Kier alpha value is -3.51. The van der Waals surface area contributed by atoms with E-state index in [2.05, 4.69) is 34.4 Å². The van der Waals surface area contributed by atoms with Gasteiger partial charge in [0.2, 0.25) is 11.8 Å². The van der Waals surface area contributed by atoms with E-state index in [0.29, 0.717) is 23.6 Å². The smallest absolute Gasteiger partial charge is 0.306 e. The maximum Gasteiger partial charge on any atom is 0.306 e. The van der Waals surface area contributed by atoms with Gasteiger partial charge in [-0.25, -0.2) is 0 Å². The normalized spacial score (nSPS) is 26.6. The lowest BCUT2D eigenvalue weighted by Crippen LogP contribution is -2.60. The van der Waals surface area contributed by atoms with Gasteiger partial charge < -0.3 is 29.7 Å². The first-order valence-corrected chi connectivity index (χ1v) is 17.8. The Balaban J connectivity index is 1.52. The van der Waals surface area contributed by atoms with E-state index in [-0.39, 0.29) is 36.9 Å². The van der Waals surface area contributed by atoms with E-state index in [9.17, 15) is 24.3 Å². The van der Waals surface area contributed by atoms with Crippen molar-refractivity contribution in [1.29, 1.82) is 0 Å². The van der Waals surface area contributed by atoms with E-state index in [1.165, 1.54) is 9.80 Å². The zero-order chi connectivity index (χ0) is 35.5. The Labute approximate surface area is 300 Å². The van der Waals surface area contributed by atoms with Gasteiger partial charge in [-0.2, -0.15) is 0 Å². The van der Waals surface area contributed by atoms with Crippen LogP contribution in [0.25, 0.3) is 0 Å². The standard InChI is InChI=1S/C37H43BrClN3O7/c1-5-7-13-29(44)48-21-27(23-11-9-8-10-12-23)40-34(45)30-31-35(46)42(28(20-43)22(3)4)33(37(31)19-26(38)32(30)49-37)36(47)41(18-6-2)25-16-14-24(39)15-17-25/h5-6,8-12,14-17,22,26-28,30-33,43H,1-2,7,13,18-21H2,3-4H3,(H,40,45)/t26?,27-,28+,30+,31-,32+,33+,37-/m1/s1. The molecule has 2 aromatic rings. The molecule has 262 valence electrons. The van der Waals surface area contributed by atoms with Crippen molar-refractivity contribution in [3.8, 4) is 0 Å². The van der Waals surface area contributed by atoms with Crippen LogP contribution in [0.1, 0.15) is 44.7 Å². The number of ether oxygens (including phenoxy) is 2. The fourth-order valence-corrected chi connectivity index (χ4v) is 8.56. The van der Waals surface area contributed by atoms with Crippen molar-refractivity contribution in [2.24, 2.45) is 17.8 Å². The number of carbonyl (C=O) groups is 4. The third kappa shape index (κ3) is 7.08. The maximum absolute atomic E-state index is 14.8. The first-order valence-electron chi connectivity index (χ1n) is 16.5. The number of likely N-dealkylation sites (tertiary alicyclic amines) is 1. The minimum atomic E-state index is -1.36. The fraction of sp³-hybridized carbons (Fsp3) is 0.459. The third-order valence-corrected chi connectivity index (χ3v) is 10.9. The second-order valence-corrected chi connectivity index (χ2v) is 14.7. The highest BCUT2D eigenvalue weighted by Crippen LogP contribution is 2.61. The second kappa shape index (κ2) is 15.6. The number of nitrogens with zero attached hydrogens (tertiary/aromatic N) is 2. The maximum atomic E-state index is 14.8. The van der Waals surface area contributed by atoms with Gasteiger partial charge in [0.25, 0.3) is 5.91 Å². The van der Waals surface area contributed by atoms with Gasteiger partial charge in [0.1, 0.15) is 18.2 Å². The molecule has 3 aliphatic rings. The summed E-state index contributed by atoms with van der Waals surface area (Å²) >= 11 is 9.88. The van der Waals surface area contributed by atoms with Crippen molar-refractivity contribution in [2.45, 2.75) is 67.8 Å². The summed E-state index contributed by atoms with van der Waals surface area (Å²) in [4.78, 5) is 59.0. The van der Waals surface area contributed by atoms with Crippen LogP contribution in [0, 0.1) is 17.8 Å². The molecule has 0 aromatic heterocycles. The molecule has 0 aliphatic carbocycles. The first-order chi connectivity index (χ1) is 23.5. The zero-order valence-corrected chi connectivity index (χ0v) is 30.0. The molecule has 3 aliphatic heterocycles. The third-order valence-electron chi connectivity index (χ3n) is 9.78. The number of hydrogen-bond donors (Lipinski definition) is 2. The summed E-state index contributed by atoms with van der Waals surface area (Å²) < 4.78 is 12.2. The van der Waals surface area contributed by atoms with Crippen molar-refractivity contribution in [3.63, 3.8) is 0 Å². The summed E-state index contributed by atoms with van der Waals surface area (Å²) in [5.74, 6) is -3.90. The minimum absolute atomic E-state index is 0.115. The number of allylic oxidation sites excluding steroid dienone is 1. The largest absolute Gasteiger partial charge is 0.463 e. The molecule has 1 unspecified atom stereocenters. The molecule has 0 saturated carbocycles. The highest BCUT2D eigenvalue weighted by Gasteiger charge is 2.77. The lowest BCUT2D eigenvalue weighted by atomic mass is 9.70. The molecule has 1 spiro atoms. The summed E-state index contributed by atoms with van der Waals surface area (Å²) in [5, 5.41) is 14.1. The molecule has 12 heteroatoms. The highest BCUT2D eigenvalue weighted by atomic mass is 79.9.